The lowest BCUT2D eigenvalue weighted by Gasteiger charge is -2.23. The van der Waals surface area contributed by atoms with E-state index in [9.17, 15) is 9.59 Å². The Balaban J connectivity index is 1.50. The van der Waals surface area contributed by atoms with E-state index < -0.39 is 0 Å². The Labute approximate surface area is 139 Å². The molecule has 7 nitrogen and oxygen atoms in total. The van der Waals surface area contributed by atoms with Crippen molar-refractivity contribution in [2.24, 2.45) is 5.41 Å². The van der Waals surface area contributed by atoms with Gasteiger partial charge in [0.2, 0.25) is 5.91 Å². The van der Waals surface area contributed by atoms with Crippen molar-refractivity contribution in [1.29, 1.82) is 0 Å². The molecule has 2 aromatic heterocycles. The summed E-state index contributed by atoms with van der Waals surface area (Å²) in [5.41, 5.74) is 0.523. The van der Waals surface area contributed by atoms with E-state index >= 15 is 0 Å². The molecule has 2 saturated heterocycles. The molecule has 0 radical (unpaired) electrons. The van der Waals surface area contributed by atoms with E-state index in [1.165, 1.54) is 6.33 Å². The first-order chi connectivity index (χ1) is 11.6. The second kappa shape index (κ2) is 5.43. The van der Waals surface area contributed by atoms with Gasteiger partial charge in [-0.2, -0.15) is 0 Å². The molecule has 2 aromatic rings. The van der Waals surface area contributed by atoms with Gasteiger partial charge < -0.3 is 14.2 Å². The fourth-order valence-electron chi connectivity index (χ4n) is 3.65. The number of aryl methyl sites for hydroxylation is 1. The van der Waals surface area contributed by atoms with Crippen molar-refractivity contribution < 1.29 is 14.0 Å². The summed E-state index contributed by atoms with van der Waals surface area (Å²) >= 11 is 0. The van der Waals surface area contributed by atoms with Gasteiger partial charge in [-0.1, -0.05) is 0 Å². The largest absolute Gasteiger partial charge is 0.456 e. The number of carbonyl (C=O) groups excluding carboxylic acids is 2. The maximum atomic E-state index is 12.5. The summed E-state index contributed by atoms with van der Waals surface area (Å²) < 4.78 is 5.44. The zero-order chi connectivity index (χ0) is 16.7. The monoisotopic (exact) mass is 326 g/mol. The molecule has 4 heterocycles. The maximum Gasteiger partial charge on any atom is 0.289 e. The molecule has 2 aliphatic heterocycles. The fourth-order valence-corrected chi connectivity index (χ4v) is 3.65. The zero-order valence-corrected chi connectivity index (χ0v) is 13.4. The van der Waals surface area contributed by atoms with E-state index in [0.29, 0.717) is 37.5 Å². The van der Waals surface area contributed by atoms with Crippen LogP contribution in [0.25, 0.3) is 0 Å². The minimum atomic E-state index is -0.190. The van der Waals surface area contributed by atoms with Gasteiger partial charge in [0.25, 0.3) is 5.91 Å². The second-order valence-corrected chi connectivity index (χ2v) is 6.64. The summed E-state index contributed by atoms with van der Waals surface area (Å²) in [6.45, 7) is 3.63. The van der Waals surface area contributed by atoms with Crippen LogP contribution in [0.1, 0.15) is 29.2 Å². The highest BCUT2D eigenvalue weighted by atomic mass is 16.3. The van der Waals surface area contributed by atoms with Gasteiger partial charge in [0.1, 0.15) is 12.1 Å². The predicted octanol–water partition coefficient (Wildman–Crippen LogP) is 1.65. The Morgan fingerprint density at radius 2 is 2.04 bits per heavy atom. The quantitative estimate of drug-likeness (QED) is 0.838. The molecule has 4 rings (SSSR count). The molecule has 1 spiro atoms. The van der Waals surface area contributed by atoms with Gasteiger partial charge in [0.15, 0.2) is 5.76 Å². The Morgan fingerprint density at radius 1 is 1.25 bits per heavy atom. The second-order valence-electron chi connectivity index (χ2n) is 6.64. The highest BCUT2D eigenvalue weighted by Gasteiger charge is 2.49. The number of hydrogen-bond donors (Lipinski definition) is 0. The van der Waals surface area contributed by atoms with Crippen molar-refractivity contribution in [2.75, 3.05) is 24.5 Å². The molecule has 2 amide bonds. The average molecular weight is 326 g/mol. The molecule has 0 saturated carbocycles. The van der Waals surface area contributed by atoms with Gasteiger partial charge in [-0.3, -0.25) is 9.59 Å². The zero-order valence-electron chi connectivity index (χ0n) is 13.4. The van der Waals surface area contributed by atoms with E-state index in [-0.39, 0.29) is 17.2 Å². The van der Waals surface area contributed by atoms with Gasteiger partial charge in [0.05, 0.1) is 18.1 Å². The summed E-state index contributed by atoms with van der Waals surface area (Å²) in [4.78, 5) is 36.5. The van der Waals surface area contributed by atoms with Crippen LogP contribution in [0, 0.1) is 12.3 Å². The Morgan fingerprint density at radius 3 is 2.75 bits per heavy atom. The van der Waals surface area contributed by atoms with E-state index in [1.54, 1.807) is 34.3 Å². The summed E-state index contributed by atoms with van der Waals surface area (Å²) in [6, 6.07) is 3.49. The van der Waals surface area contributed by atoms with Crippen LogP contribution in [0.3, 0.4) is 0 Å². The minimum absolute atomic E-state index is 0.0629. The molecule has 124 valence electrons. The van der Waals surface area contributed by atoms with Crippen molar-refractivity contribution in [1.82, 2.24) is 14.9 Å². The number of rotatable bonds is 2. The molecule has 1 atom stereocenters. The van der Waals surface area contributed by atoms with E-state index in [0.717, 1.165) is 12.2 Å². The van der Waals surface area contributed by atoms with Crippen molar-refractivity contribution in [3.63, 3.8) is 0 Å². The molecule has 24 heavy (non-hydrogen) atoms. The van der Waals surface area contributed by atoms with Crippen molar-refractivity contribution in [3.8, 4) is 0 Å². The molecule has 2 aliphatic rings. The van der Waals surface area contributed by atoms with Gasteiger partial charge in [-0.15, -0.1) is 0 Å². The van der Waals surface area contributed by atoms with E-state index in [1.807, 2.05) is 6.92 Å². The molecule has 0 N–H and O–H groups in total. The number of likely N-dealkylation sites (tertiary alicyclic amines) is 1. The third-order valence-corrected chi connectivity index (χ3v) is 4.86. The summed E-state index contributed by atoms with van der Waals surface area (Å²) in [7, 11) is 0. The summed E-state index contributed by atoms with van der Waals surface area (Å²) in [6.07, 6.45) is 6.00. The standard InChI is InChI=1S/C17H18N4O3/c1-12-2-3-14(24-12)16(23)20-5-4-17(9-20)6-15(22)21(10-17)13-7-18-11-19-8-13/h2-3,7-8,11H,4-6,9-10H2,1H3/t17-/m0/s1. The molecule has 0 bridgehead atoms. The summed E-state index contributed by atoms with van der Waals surface area (Å²) in [5.74, 6) is 1.04. The van der Waals surface area contributed by atoms with Gasteiger partial charge >= 0.3 is 0 Å². The number of hydrogen-bond acceptors (Lipinski definition) is 5. The number of anilines is 1. The van der Waals surface area contributed by atoms with Crippen molar-refractivity contribution >= 4 is 17.5 Å². The molecule has 0 aromatic carbocycles. The summed E-state index contributed by atoms with van der Waals surface area (Å²) in [5, 5.41) is 0. The van der Waals surface area contributed by atoms with Crippen LogP contribution in [0.15, 0.2) is 35.3 Å². The SMILES string of the molecule is Cc1ccc(C(=O)N2CC[C@]3(CC(=O)N(c4cncnc4)C3)C2)o1. The lowest BCUT2D eigenvalue weighted by atomic mass is 9.86. The van der Waals surface area contributed by atoms with Crippen LogP contribution in [0.4, 0.5) is 5.69 Å². The van der Waals surface area contributed by atoms with Crippen molar-refractivity contribution in [3.05, 3.63) is 42.4 Å². The van der Waals surface area contributed by atoms with Crippen LogP contribution in [0.5, 0.6) is 0 Å². The van der Waals surface area contributed by atoms with Crippen LogP contribution in [-0.4, -0.2) is 46.3 Å². The lowest BCUT2D eigenvalue weighted by Crippen LogP contribution is -2.34. The number of amides is 2. The number of carbonyl (C=O) groups is 2. The Hall–Kier alpha value is -2.70. The van der Waals surface area contributed by atoms with Crippen LogP contribution in [0.2, 0.25) is 0 Å². The molecule has 7 heteroatoms. The van der Waals surface area contributed by atoms with E-state index in [4.69, 9.17) is 4.42 Å². The normalized spacial score (nSPS) is 23.5. The van der Waals surface area contributed by atoms with Gasteiger partial charge in [-0.05, 0) is 25.5 Å². The third kappa shape index (κ3) is 2.46. The molecular formula is C17H18N4O3. The Kier molecular flexibility index (Phi) is 3.37. The topological polar surface area (TPSA) is 79.5 Å². The van der Waals surface area contributed by atoms with Crippen LogP contribution < -0.4 is 4.90 Å². The number of furan rings is 1. The van der Waals surface area contributed by atoms with Crippen molar-refractivity contribution in [2.45, 2.75) is 19.8 Å². The van der Waals surface area contributed by atoms with Gasteiger partial charge in [-0.25, -0.2) is 9.97 Å². The predicted molar refractivity (Wildman–Crippen MR) is 85.4 cm³/mol. The van der Waals surface area contributed by atoms with E-state index in [2.05, 4.69) is 9.97 Å². The molecule has 0 aliphatic carbocycles. The fraction of sp³-hybridized carbons (Fsp3) is 0.412. The molecule has 0 unspecified atom stereocenters. The molecular weight excluding hydrogens is 308 g/mol. The first kappa shape index (κ1) is 14.9. The highest BCUT2D eigenvalue weighted by molar-refractivity contribution is 5.96. The lowest BCUT2D eigenvalue weighted by molar-refractivity contribution is -0.117. The average Bonchev–Trinajstić information content (AvgIpc) is 3.28. The first-order valence-corrected chi connectivity index (χ1v) is 7.97. The Bertz CT molecular complexity index is 788. The smallest absolute Gasteiger partial charge is 0.289 e. The number of nitrogens with zero attached hydrogens (tertiary/aromatic N) is 4. The third-order valence-electron chi connectivity index (χ3n) is 4.86. The van der Waals surface area contributed by atoms with Gasteiger partial charge in [0, 0.05) is 31.5 Å². The first-order valence-electron chi connectivity index (χ1n) is 7.97. The maximum absolute atomic E-state index is 12.5. The minimum Gasteiger partial charge on any atom is -0.456 e. The highest BCUT2D eigenvalue weighted by Crippen LogP contribution is 2.41. The van der Waals surface area contributed by atoms with Crippen LogP contribution in [-0.2, 0) is 4.79 Å². The number of aromatic nitrogens is 2. The molecule has 2 fully saturated rings. The van der Waals surface area contributed by atoms with Crippen LogP contribution >= 0.6 is 0 Å².